The topological polar surface area (TPSA) is 52.7 Å². The molecule has 3 rings (SSSR count). The van der Waals surface area contributed by atoms with Crippen LogP contribution in [0, 0.1) is 0 Å². The molecule has 1 aromatic carbocycles. The lowest BCUT2D eigenvalue weighted by atomic mass is 10.1. The summed E-state index contributed by atoms with van der Waals surface area (Å²) in [5, 5.41) is 3.38. The van der Waals surface area contributed by atoms with Gasteiger partial charge in [0.2, 0.25) is 0 Å². The Kier molecular flexibility index (Phi) is 5.06. The Balaban J connectivity index is 1.79. The van der Waals surface area contributed by atoms with Crippen LogP contribution in [0.3, 0.4) is 0 Å². The molecule has 0 unspecified atom stereocenters. The van der Waals surface area contributed by atoms with E-state index < -0.39 is 0 Å². The van der Waals surface area contributed by atoms with Crippen LogP contribution in [0.25, 0.3) is 0 Å². The van der Waals surface area contributed by atoms with E-state index in [0.29, 0.717) is 16.3 Å². The van der Waals surface area contributed by atoms with Crippen molar-refractivity contribution in [1.29, 1.82) is 0 Å². The summed E-state index contributed by atoms with van der Waals surface area (Å²) in [6.45, 7) is 3.09. The molecule has 5 nitrogen and oxygen atoms in total. The number of amides is 3. The van der Waals surface area contributed by atoms with Gasteiger partial charge in [0.05, 0.1) is 11.3 Å². The van der Waals surface area contributed by atoms with Crippen LogP contribution in [0.15, 0.2) is 18.2 Å². The van der Waals surface area contributed by atoms with Crippen molar-refractivity contribution in [2.75, 3.05) is 31.5 Å². The lowest BCUT2D eigenvalue weighted by Crippen LogP contribution is -2.37. The Bertz CT molecular complexity index is 594. The molecule has 2 fully saturated rings. The highest BCUT2D eigenvalue weighted by molar-refractivity contribution is 6.31. The average molecular weight is 336 g/mol. The lowest BCUT2D eigenvalue weighted by molar-refractivity contribution is 0.0725. The van der Waals surface area contributed by atoms with Gasteiger partial charge in [0.15, 0.2) is 0 Å². The van der Waals surface area contributed by atoms with E-state index in [4.69, 9.17) is 11.6 Å². The third kappa shape index (κ3) is 3.78. The highest BCUT2D eigenvalue weighted by Gasteiger charge is 2.23. The minimum atomic E-state index is -0.155. The summed E-state index contributed by atoms with van der Waals surface area (Å²) < 4.78 is 0. The van der Waals surface area contributed by atoms with E-state index in [0.717, 1.165) is 51.9 Å². The van der Waals surface area contributed by atoms with E-state index in [1.807, 2.05) is 4.90 Å². The second-order valence-electron chi connectivity index (χ2n) is 6.17. The molecule has 6 heteroatoms. The van der Waals surface area contributed by atoms with Gasteiger partial charge >= 0.3 is 6.03 Å². The first-order valence-electron chi connectivity index (χ1n) is 8.30. The number of hydrogen-bond donors (Lipinski definition) is 1. The maximum absolute atomic E-state index is 12.8. The van der Waals surface area contributed by atoms with Crippen molar-refractivity contribution >= 4 is 29.2 Å². The molecule has 2 saturated heterocycles. The molecule has 0 aromatic heterocycles. The fourth-order valence-electron chi connectivity index (χ4n) is 3.19. The monoisotopic (exact) mass is 335 g/mol. The first kappa shape index (κ1) is 16.1. The Hall–Kier alpha value is -1.75. The van der Waals surface area contributed by atoms with Crippen molar-refractivity contribution < 1.29 is 9.59 Å². The van der Waals surface area contributed by atoms with Crippen LogP contribution in [0.5, 0.6) is 0 Å². The Morgan fingerprint density at radius 1 is 0.913 bits per heavy atom. The summed E-state index contributed by atoms with van der Waals surface area (Å²) in [4.78, 5) is 28.7. The van der Waals surface area contributed by atoms with Crippen molar-refractivity contribution in [3.63, 3.8) is 0 Å². The van der Waals surface area contributed by atoms with E-state index in [-0.39, 0.29) is 11.9 Å². The molecule has 0 atom stereocenters. The molecule has 2 heterocycles. The van der Waals surface area contributed by atoms with Gasteiger partial charge in [-0.3, -0.25) is 4.79 Å². The number of nitrogens with one attached hydrogen (secondary N) is 1. The van der Waals surface area contributed by atoms with E-state index in [2.05, 4.69) is 5.32 Å². The van der Waals surface area contributed by atoms with Crippen molar-refractivity contribution in [2.24, 2.45) is 0 Å². The summed E-state index contributed by atoms with van der Waals surface area (Å²) in [7, 11) is 0. The molecule has 0 saturated carbocycles. The maximum atomic E-state index is 12.8. The fourth-order valence-corrected chi connectivity index (χ4v) is 3.36. The number of carbonyl (C=O) groups is 2. The number of halogens is 1. The number of urea groups is 1. The zero-order valence-electron chi connectivity index (χ0n) is 13.2. The van der Waals surface area contributed by atoms with Gasteiger partial charge in [0.1, 0.15) is 0 Å². The summed E-state index contributed by atoms with van der Waals surface area (Å²) in [5.74, 6) is -0.0295. The predicted octanol–water partition coefficient (Wildman–Crippen LogP) is 3.59. The number of likely N-dealkylation sites (tertiary alicyclic amines) is 2. The molecule has 0 bridgehead atoms. The van der Waals surface area contributed by atoms with Gasteiger partial charge < -0.3 is 15.1 Å². The average Bonchev–Trinajstić information content (AvgIpc) is 3.10. The summed E-state index contributed by atoms with van der Waals surface area (Å²) >= 11 is 6.06. The van der Waals surface area contributed by atoms with Crippen LogP contribution in [0.1, 0.15) is 42.5 Å². The molecule has 23 heavy (non-hydrogen) atoms. The number of nitrogens with zero attached hydrogens (tertiary/aromatic N) is 2. The number of anilines is 1. The number of hydrogen-bond acceptors (Lipinski definition) is 2. The summed E-state index contributed by atoms with van der Waals surface area (Å²) in [6.07, 6.45) is 5.30. The summed E-state index contributed by atoms with van der Waals surface area (Å²) in [5.41, 5.74) is 1.02. The third-order valence-electron chi connectivity index (χ3n) is 4.49. The minimum Gasteiger partial charge on any atom is -0.339 e. The minimum absolute atomic E-state index is 0.0295. The standard InChI is InChI=1S/C17H22ClN3O2/c18-13-6-7-14(16(22)20-8-2-1-3-9-20)15(12-13)19-17(23)21-10-4-5-11-21/h6-7,12H,1-5,8-11H2,(H,19,23). The van der Waals surface area contributed by atoms with Gasteiger partial charge in [-0.1, -0.05) is 11.6 Å². The zero-order valence-corrected chi connectivity index (χ0v) is 13.9. The van der Waals surface area contributed by atoms with Crippen molar-refractivity contribution in [1.82, 2.24) is 9.80 Å². The number of carbonyl (C=O) groups excluding carboxylic acids is 2. The van der Waals surface area contributed by atoms with Gasteiger partial charge in [0, 0.05) is 31.2 Å². The Labute approximate surface area is 141 Å². The van der Waals surface area contributed by atoms with Gasteiger partial charge in [-0.05, 0) is 50.3 Å². The number of piperidine rings is 1. The van der Waals surface area contributed by atoms with Crippen molar-refractivity contribution in [3.8, 4) is 0 Å². The van der Waals surface area contributed by atoms with Gasteiger partial charge in [-0.15, -0.1) is 0 Å². The molecule has 0 spiro atoms. The van der Waals surface area contributed by atoms with E-state index in [1.54, 1.807) is 23.1 Å². The Morgan fingerprint density at radius 2 is 1.52 bits per heavy atom. The van der Waals surface area contributed by atoms with Crippen LogP contribution < -0.4 is 5.32 Å². The molecule has 1 N–H and O–H groups in total. The molecule has 0 radical (unpaired) electrons. The number of benzene rings is 1. The SMILES string of the molecule is O=C(Nc1cc(Cl)ccc1C(=O)N1CCCCC1)N1CCCC1. The highest BCUT2D eigenvalue weighted by Crippen LogP contribution is 2.25. The van der Waals surface area contributed by atoms with Crippen LogP contribution in [0.2, 0.25) is 5.02 Å². The molecule has 1 aromatic rings. The van der Waals surface area contributed by atoms with Crippen LogP contribution in [-0.2, 0) is 0 Å². The second kappa shape index (κ2) is 7.21. The smallest absolute Gasteiger partial charge is 0.321 e. The molecule has 2 aliphatic rings. The van der Waals surface area contributed by atoms with E-state index in [1.165, 1.54) is 6.42 Å². The highest BCUT2D eigenvalue weighted by atomic mass is 35.5. The molecular weight excluding hydrogens is 314 g/mol. The second-order valence-corrected chi connectivity index (χ2v) is 6.60. The van der Waals surface area contributed by atoms with E-state index in [9.17, 15) is 9.59 Å². The first-order chi connectivity index (χ1) is 11.1. The Morgan fingerprint density at radius 3 is 2.22 bits per heavy atom. The molecular formula is C17H22ClN3O2. The number of rotatable bonds is 2. The predicted molar refractivity (Wildman–Crippen MR) is 91.0 cm³/mol. The van der Waals surface area contributed by atoms with Gasteiger partial charge in [0.25, 0.3) is 5.91 Å². The first-order valence-corrected chi connectivity index (χ1v) is 8.68. The normalized spacial score (nSPS) is 18.1. The van der Waals surface area contributed by atoms with Gasteiger partial charge in [-0.25, -0.2) is 4.79 Å². The third-order valence-corrected chi connectivity index (χ3v) is 4.73. The van der Waals surface area contributed by atoms with E-state index >= 15 is 0 Å². The summed E-state index contributed by atoms with van der Waals surface area (Å²) in [6, 6.07) is 4.91. The van der Waals surface area contributed by atoms with Crippen LogP contribution >= 0.6 is 11.6 Å². The van der Waals surface area contributed by atoms with Gasteiger partial charge in [-0.2, -0.15) is 0 Å². The van der Waals surface area contributed by atoms with Crippen molar-refractivity contribution in [3.05, 3.63) is 28.8 Å². The zero-order chi connectivity index (χ0) is 16.2. The molecule has 124 valence electrons. The quantitative estimate of drug-likeness (QED) is 0.897. The molecule has 0 aliphatic carbocycles. The van der Waals surface area contributed by atoms with Crippen molar-refractivity contribution in [2.45, 2.75) is 32.1 Å². The van der Waals surface area contributed by atoms with Crippen LogP contribution in [0.4, 0.5) is 10.5 Å². The fraction of sp³-hybridized carbons (Fsp3) is 0.529. The molecule has 2 aliphatic heterocycles. The largest absolute Gasteiger partial charge is 0.339 e. The maximum Gasteiger partial charge on any atom is 0.321 e. The van der Waals surface area contributed by atoms with Crippen LogP contribution in [-0.4, -0.2) is 47.9 Å². The molecule has 3 amide bonds. The lowest BCUT2D eigenvalue weighted by Gasteiger charge is -2.27.